The van der Waals surface area contributed by atoms with Gasteiger partial charge in [-0.25, -0.2) is 87.8 Å². The molecular weight excluding hydrogens is 767 g/mol. The van der Waals surface area contributed by atoms with Gasteiger partial charge in [-0.3, -0.25) is 0 Å². The van der Waals surface area contributed by atoms with Crippen molar-refractivity contribution in [1.29, 1.82) is 0 Å². The summed E-state index contributed by atoms with van der Waals surface area (Å²) < 4.78 is 300. The zero-order valence-corrected chi connectivity index (χ0v) is 25.8. The number of rotatable bonds is 8. The zero-order valence-electron chi connectivity index (χ0n) is 24.6. The van der Waals surface area contributed by atoms with E-state index in [1.165, 1.54) is 0 Å². The van der Waals surface area contributed by atoms with Gasteiger partial charge < -0.3 is 0 Å². The van der Waals surface area contributed by atoms with E-state index in [4.69, 9.17) is 0 Å². The van der Waals surface area contributed by atoms with Gasteiger partial charge in [0.25, 0.3) is 14.1 Å². The van der Waals surface area contributed by atoms with Crippen molar-refractivity contribution in [1.82, 2.24) is 0 Å². The van der Waals surface area contributed by atoms with Gasteiger partial charge >= 0.3 is 0 Å². The summed E-state index contributed by atoms with van der Waals surface area (Å²) in [6.45, 7) is 1.67. The molecule has 0 nitrogen and oxygen atoms in total. The Hall–Kier alpha value is -3.99. The highest BCUT2D eigenvalue weighted by Gasteiger charge is 2.61. The first-order valence-electron chi connectivity index (χ1n) is 13.7. The largest absolute Gasteiger partial charge is 0.273 e. The van der Waals surface area contributed by atoms with Gasteiger partial charge in [0.1, 0.15) is 0 Å². The fourth-order valence-corrected chi connectivity index (χ4v) is 9.65. The Morgan fingerprint density at radius 1 is 0.314 bits per heavy atom. The van der Waals surface area contributed by atoms with Crippen LogP contribution >= 0.6 is 0 Å². The third kappa shape index (κ3) is 5.44. The van der Waals surface area contributed by atoms with E-state index in [9.17, 15) is 52.7 Å². The molecule has 0 amide bonds. The molecule has 0 radical (unpaired) electrons. The maximum absolute atomic E-state index is 16.0. The highest BCUT2D eigenvalue weighted by molar-refractivity contribution is 6.61. The molecule has 0 saturated carbocycles. The lowest BCUT2D eigenvalue weighted by atomic mass is 9.63. The van der Waals surface area contributed by atoms with Crippen molar-refractivity contribution in [2.45, 2.75) is 34.6 Å². The average Bonchev–Trinajstić information content (AvgIpc) is 3.10. The van der Waals surface area contributed by atoms with Crippen LogP contribution in [0.4, 0.5) is 87.8 Å². The molecule has 0 bridgehead atoms. The number of benzene rings is 4. The lowest BCUT2D eigenvalue weighted by molar-refractivity contribution is 0.305. The second-order valence-electron chi connectivity index (χ2n) is 10.7. The van der Waals surface area contributed by atoms with Gasteiger partial charge in [0, 0.05) is 22.3 Å². The van der Waals surface area contributed by atoms with Crippen molar-refractivity contribution in [2.75, 3.05) is 0 Å². The van der Waals surface area contributed by atoms with E-state index >= 15 is 35.1 Å². The Balaban J connectivity index is 2.72. The molecule has 1 atom stereocenters. The number of hydrogen-bond donors (Lipinski definition) is 0. The van der Waals surface area contributed by atoms with Crippen molar-refractivity contribution in [3.05, 3.63) is 139 Å². The molecule has 21 heteroatoms. The van der Waals surface area contributed by atoms with Crippen molar-refractivity contribution in [3.8, 4) is 0 Å². The molecule has 0 aliphatic rings. The van der Waals surface area contributed by atoms with Crippen molar-refractivity contribution in [2.24, 2.45) is 0 Å². The van der Waals surface area contributed by atoms with E-state index in [1.54, 1.807) is 0 Å². The smallest absolute Gasteiger partial charge is 0.203 e. The van der Waals surface area contributed by atoms with E-state index in [-0.39, 0.29) is 0 Å². The summed E-state index contributed by atoms with van der Waals surface area (Å²) in [4.78, 5) is 0. The van der Waals surface area contributed by atoms with Crippen LogP contribution in [0.3, 0.4) is 0 Å². The van der Waals surface area contributed by atoms with Crippen molar-refractivity contribution >= 4 is 14.1 Å². The molecule has 1 unspecified atom stereocenters. The molecule has 0 spiro atoms. The number of hydrogen-bond acceptors (Lipinski definition) is 0. The van der Waals surface area contributed by atoms with Gasteiger partial charge in [-0.15, -0.1) is 0 Å². The Morgan fingerprint density at radius 2 is 0.490 bits per heavy atom. The van der Waals surface area contributed by atoms with Gasteiger partial charge in [-0.05, 0) is 4.78 Å². The number of halogens is 20. The van der Waals surface area contributed by atoms with Crippen LogP contribution in [-0.2, 0) is 5.41 Å². The Labute approximate surface area is 275 Å². The molecule has 0 aliphatic heterocycles. The molecule has 0 heterocycles. The third-order valence-electron chi connectivity index (χ3n) is 8.35. The summed E-state index contributed by atoms with van der Waals surface area (Å²) in [5.41, 5.74) is -18.0. The van der Waals surface area contributed by atoms with Crippen LogP contribution in [0.25, 0.3) is 0 Å². The van der Waals surface area contributed by atoms with E-state index in [1.807, 2.05) is 0 Å². The molecule has 0 N–H and O–H groups in total. The Bertz CT molecular complexity index is 1820. The molecule has 51 heavy (non-hydrogen) atoms. The molecule has 4 aromatic rings. The predicted molar refractivity (Wildman–Crippen MR) is 134 cm³/mol. The minimum atomic E-state index is -5.52. The summed E-state index contributed by atoms with van der Waals surface area (Å²) >= 11 is -4.49. The summed E-state index contributed by atoms with van der Waals surface area (Å²) in [5.74, 6) is -67.0. The molecule has 0 aromatic heterocycles. The average molecular weight is 778 g/mol. The van der Waals surface area contributed by atoms with Crippen LogP contribution < -0.4 is 0 Å². The topological polar surface area (TPSA) is 0 Å². The summed E-state index contributed by atoms with van der Waals surface area (Å²) in [7, 11) is 0. The highest BCUT2D eigenvalue weighted by Crippen LogP contribution is 2.58. The first kappa shape index (κ1) is 39.8. The standard InChI is InChI=1S/C26HF20.2C2H5.Al/c27-6-2(7(28)15(36)22(43)14(6)35)1-26(3-8(29)16(37)23(44)17(38)9(3)30,4-10(31)18(39)24(45)19(40)11(4)32)5-12(33)20(41)25(46)21(42)13(5)34;2*1-2;/h1H;2*1H2,2H3;. The summed E-state index contributed by atoms with van der Waals surface area (Å²) in [6.07, 6.45) is 0. The van der Waals surface area contributed by atoms with Crippen LogP contribution in [0.5, 0.6) is 0 Å². The van der Waals surface area contributed by atoms with Gasteiger partial charge in [0.2, 0.25) is 23.3 Å². The second kappa shape index (κ2) is 13.9. The minimum absolute atomic E-state index is 0.833. The third-order valence-corrected chi connectivity index (χ3v) is 12.2. The summed E-state index contributed by atoms with van der Waals surface area (Å²) in [6, 6.07) is 0. The molecule has 274 valence electrons. The van der Waals surface area contributed by atoms with Crippen LogP contribution in [-0.4, -0.2) is 14.1 Å². The quantitative estimate of drug-likeness (QED) is 0.0550. The molecule has 4 aromatic carbocycles. The van der Waals surface area contributed by atoms with Gasteiger partial charge in [0.15, 0.2) is 93.1 Å². The van der Waals surface area contributed by atoms with Crippen molar-refractivity contribution in [3.63, 3.8) is 0 Å². The van der Waals surface area contributed by atoms with E-state index < -0.39 is 174 Å². The molecule has 0 aliphatic carbocycles. The monoisotopic (exact) mass is 778 g/mol. The first-order valence-corrected chi connectivity index (χ1v) is 16.0. The predicted octanol–water partition coefficient (Wildman–Crippen LogP) is 10.7. The Morgan fingerprint density at radius 3 is 0.686 bits per heavy atom. The second-order valence-corrected chi connectivity index (χ2v) is 14.5. The Kier molecular flexibility index (Phi) is 10.8. The van der Waals surface area contributed by atoms with Gasteiger partial charge in [-0.1, -0.05) is 24.4 Å². The maximum Gasteiger partial charge on any atom is 0.273 e. The fraction of sp³-hybridized carbons (Fsp3) is 0.200. The highest BCUT2D eigenvalue weighted by atomic mass is 27.2. The zero-order chi connectivity index (χ0) is 38.9. The normalized spacial score (nSPS) is 12.6. The van der Waals surface area contributed by atoms with Crippen molar-refractivity contribution < 1.29 is 87.8 Å². The first-order chi connectivity index (χ1) is 23.6. The van der Waals surface area contributed by atoms with Gasteiger partial charge in [0.05, 0.1) is 5.41 Å². The molecule has 0 saturated heterocycles. The lowest BCUT2D eigenvalue weighted by Crippen LogP contribution is -2.49. The SMILES string of the molecule is C[CH2][Al]([CH2]C)[CH](c1c(F)c(F)c(F)c(F)c1F)C(c1c(F)c(F)c(F)c(F)c1F)(c1c(F)c(F)c(F)c(F)c1F)c1c(F)c(F)c(F)c(F)c1F. The maximum atomic E-state index is 16.0. The van der Waals surface area contributed by atoms with E-state index in [0.717, 1.165) is 13.8 Å². The van der Waals surface area contributed by atoms with Crippen LogP contribution in [0.15, 0.2) is 0 Å². The lowest BCUT2D eigenvalue weighted by Gasteiger charge is -2.45. The molecule has 4 rings (SSSR count). The van der Waals surface area contributed by atoms with Crippen LogP contribution in [0, 0.1) is 116 Å². The summed E-state index contributed by atoms with van der Waals surface area (Å²) in [5, 5.41) is -1.86. The van der Waals surface area contributed by atoms with E-state index in [0.29, 0.717) is 0 Å². The molecule has 0 fully saturated rings. The van der Waals surface area contributed by atoms with Crippen LogP contribution in [0.2, 0.25) is 10.6 Å². The van der Waals surface area contributed by atoms with Crippen LogP contribution in [0.1, 0.15) is 40.9 Å². The molecular formula is C30H11AlF20. The van der Waals surface area contributed by atoms with E-state index in [2.05, 4.69) is 0 Å². The fourth-order valence-electron chi connectivity index (χ4n) is 6.16. The minimum Gasteiger partial charge on any atom is -0.203 e. The van der Waals surface area contributed by atoms with Gasteiger partial charge in [-0.2, -0.15) is 0 Å².